The van der Waals surface area contributed by atoms with Crippen LogP contribution >= 0.6 is 0 Å². The normalized spacial score (nSPS) is 12.8. The molecule has 0 saturated heterocycles. The summed E-state index contributed by atoms with van der Waals surface area (Å²) in [6.45, 7) is 3.58. The van der Waals surface area contributed by atoms with E-state index in [1.54, 1.807) is 19.4 Å². The highest BCUT2D eigenvalue weighted by Gasteiger charge is 2.13. The maximum atomic E-state index is 9.60. The van der Waals surface area contributed by atoms with Gasteiger partial charge >= 0.3 is 0 Å². The molecule has 0 amide bonds. The average Bonchev–Trinajstić information content (AvgIpc) is 2.82. The predicted molar refractivity (Wildman–Crippen MR) is 72.6 cm³/mol. The van der Waals surface area contributed by atoms with Gasteiger partial charge < -0.3 is 9.52 Å². The van der Waals surface area contributed by atoms with Gasteiger partial charge in [-0.05, 0) is 19.9 Å². The van der Waals surface area contributed by atoms with Crippen molar-refractivity contribution in [2.24, 2.45) is 0 Å². The van der Waals surface area contributed by atoms with Crippen molar-refractivity contribution in [3.8, 4) is 11.4 Å². The molecule has 0 fully saturated rings. The van der Waals surface area contributed by atoms with Crippen LogP contribution in [0.5, 0.6) is 0 Å². The Morgan fingerprint density at radius 1 is 1.26 bits per heavy atom. The van der Waals surface area contributed by atoms with Gasteiger partial charge in [-0.25, -0.2) is 9.97 Å². The first kappa shape index (κ1) is 11.9. The number of hydrogen-bond acceptors (Lipinski definition) is 4. The number of rotatable bonds is 2. The van der Waals surface area contributed by atoms with Gasteiger partial charge in [-0.3, -0.25) is 0 Å². The van der Waals surface area contributed by atoms with Crippen LogP contribution in [0, 0.1) is 6.92 Å². The number of aliphatic hydroxyl groups is 1. The molecule has 1 aromatic carbocycles. The lowest BCUT2D eigenvalue weighted by molar-refractivity contribution is 0.197. The first-order valence-electron chi connectivity index (χ1n) is 6.15. The van der Waals surface area contributed by atoms with E-state index in [-0.39, 0.29) is 0 Å². The topological polar surface area (TPSA) is 59.2 Å². The summed E-state index contributed by atoms with van der Waals surface area (Å²) >= 11 is 0. The highest BCUT2D eigenvalue weighted by atomic mass is 16.3. The van der Waals surface area contributed by atoms with Crippen LogP contribution in [-0.4, -0.2) is 15.1 Å². The van der Waals surface area contributed by atoms with E-state index in [1.807, 2.05) is 31.2 Å². The molecule has 0 radical (unpaired) electrons. The second-order valence-corrected chi connectivity index (χ2v) is 4.56. The Hall–Kier alpha value is -2.20. The number of aromatic nitrogens is 2. The van der Waals surface area contributed by atoms with Crippen molar-refractivity contribution in [3.63, 3.8) is 0 Å². The van der Waals surface area contributed by atoms with Crippen molar-refractivity contribution in [3.05, 3.63) is 48.0 Å². The van der Waals surface area contributed by atoms with Crippen LogP contribution in [0.4, 0.5) is 0 Å². The van der Waals surface area contributed by atoms with E-state index >= 15 is 0 Å². The summed E-state index contributed by atoms with van der Waals surface area (Å²) in [7, 11) is 0. The van der Waals surface area contributed by atoms with E-state index in [4.69, 9.17) is 4.42 Å². The van der Waals surface area contributed by atoms with Gasteiger partial charge in [0.15, 0.2) is 5.82 Å². The summed E-state index contributed by atoms with van der Waals surface area (Å²) in [5.74, 6) is 0.617. The molecule has 1 atom stereocenters. The van der Waals surface area contributed by atoms with Crippen LogP contribution in [-0.2, 0) is 0 Å². The van der Waals surface area contributed by atoms with Crippen molar-refractivity contribution in [2.45, 2.75) is 20.0 Å². The van der Waals surface area contributed by atoms with Crippen molar-refractivity contribution >= 4 is 11.0 Å². The summed E-state index contributed by atoms with van der Waals surface area (Å²) in [5.41, 5.74) is 3.22. The molecule has 0 bridgehead atoms. The highest BCUT2D eigenvalue weighted by molar-refractivity contribution is 5.91. The van der Waals surface area contributed by atoms with Crippen molar-refractivity contribution in [2.75, 3.05) is 0 Å². The quantitative estimate of drug-likeness (QED) is 0.762. The number of aryl methyl sites for hydroxylation is 1. The number of furan rings is 1. The summed E-state index contributed by atoms with van der Waals surface area (Å²) in [6.07, 6.45) is 2.78. The van der Waals surface area contributed by atoms with E-state index in [0.29, 0.717) is 5.82 Å². The number of para-hydroxylation sites is 1. The Morgan fingerprint density at radius 3 is 2.79 bits per heavy atom. The van der Waals surface area contributed by atoms with Gasteiger partial charge in [0, 0.05) is 22.8 Å². The maximum absolute atomic E-state index is 9.60. The molecular weight excluding hydrogens is 240 g/mol. The van der Waals surface area contributed by atoms with Gasteiger partial charge in [-0.15, -0.1) is 0 Å². The summed E-state index contributed by atoms with van der Waals surface area (Å²) in [4.78, 5) is 8.78. The number of fused-ring (bicyclic) bond motifs is 1. The average molecular weight is 254 g/mol. The SMILES string of the molecule is Cc1nc(-c2coc3ccccc23)ncc1[C@@H](C)O. The van der Waals surface area contributed by atoms with Crippen molar-refractivity contribution < 1.29 is 9.52 Å². The molecule has 3 rings (SSSR count). The highest BCUT2D eigenvalue weighted by Crippen LogP contribution is 2.28. The van der Waals surface area contributed by atoms with Crippen LogP contribution in [0.25, 0.3) is 22.4 Å². The van der Waals surface area contributed by atoms with Crippen molar-refractivity contribution in [1.29, 1.82) is 0 Å². The molecule has 96 valence electrons. The third-order valence-electron chi connectivity index (χ3n) is 3.19. The summed E-state index contributed by atoms with van der Waals surface area (Å²) < 4.78 is 5.49. The smallest absolute Gasteiger partial charge is 0.163 e. The Morgan fingerprint density at radius 2 is 2.05 bits per heavy atom. The van der Waals surface area contributed by atoms with Crippen LogP contribution < -0.4 is 0 Å². The first-order valence-corrected chi connectivity index (χ1v) is 6.15. The van der Waals surface area contributed by atoms with Gasteiger partial charge in [0.1, 0.15) is 11.8 Å². The molecule has 0 aliphatic rings. The number of aliphatic hydroxyl groups excluding tert-OH is 1. The van der Waals surface area contributed by atoms with E-state index in [9.17, 15) is 5.11 Å². The molecule has 0 aliphatic heterocycles. The summed E-state index contributed by atoms with van der Waals surface area (Å²) in [5, 5.41) is 10.6. The molecule has 4 nitrogen and oxygen atoms in total. The monoisotopic (exact) mass is 254 g/mol. The van der Waals surface area contributed by atoms with Crippen LogP contribution in [0.15, 0.2) is 41.1 Å². The molecular formula is C15H14N2O2. The minimum Gasteiger partial charge on any atom is -0.464 e. The first-order chi connectivity index (χ1) is 9.16. The van der Waals surface area contributed by atoms with Gasteiger partial charge in [-0.2, -0.15) is 0 Å². The standard InChI is InChI=1S/C15H14N2O2/c1-9-12(10(2)18)7-16-15(17-9)13-8-19-14-6-4-3-5-11(13)14/h3-8,10,18H,1-2H3/t10-/m1/s1. The second-order valence-electron chi connectivity index (χ2n) is 4.56. The maximum Gasteiger partial charge on any atom is 0.163 e. The Balaban J connectivity index is 2.14. The Bertz CT molecular complexity index is 732. The fourth-order valence-electron chi connectivity index (χ4n) is 2.17. The van der Waals surface area contributed by atoms with E-state index in [2.05, 4.69) is 9.97 Å². The zero-order valence-electron chi connectivity index (χ0n) is 10.8. The van der Waals surface area contributed by atoms with Crippen LogP contribution in [0.1, 0.15) is 24.3 Å². The predicted octanol–water partition coefficient (Wildman–Crippen LogP) is 3.25. The fourth-order valence-corrected chi connectivity index (χ4v) is 2.17. The minimum atomic E-state index is -0.560. The molecule has 1 N–H and O–H groups in total. The zero-order chi connectivity index (χ0) is 13.4. The van der Waals surface area contributed by atoms with E-state index in [0.717, 1.165) is 27.8 Å². The van der Waals surface area contributed by atoms with E-state index in [1.165, 1.54) is 0 Å². The van der Waals surface area contributed by atoms with E-state index < -0.39 is 6.10 Å². The second kappa shape index (κ2) is 4.48. The molecule has 0 unspecified atom stereocenters. The van der Waals surface area contributed by atoms with Gasteiger partial charge in [0.2, 0.25) is 0 Å². The van der Waals surface area contributed by atoms with Crippen molar-refractivity contribution in [1.82, 2.24) is 9.97 Å². The minimum absolute atomic E-state index is 0.560. The molecule has 2 aromatic heterocycles. The molecule has 0 spiro atoms. The lowest BCUT2D eigenvalue weighted by atomic mass is 10.1. The number of hydrogen-bond donors (Lipinski definition) is 1. The fraction of sp³-hybridized carbons (Fsp3) is 0.200. The molecule has 19 heavy (non-hydrogen) atoms. The van der Waals surface area contributed by atoms with Gasteiger partial charge in [-0.1, -0.05) is 18.2 Å². The summed E-state index contributed by atoms with van der Waals surface area (Å²) in [6, 6.07) is 7.78. The molecule has 4 heteroatoms. The molecule has 0 aliphatic carbocycles. The van der Waals surface area contributed by atoms with Crippen LogP contribution in [0.2, 0.25) is 0 Å². The van der Waals surface area contributed by atoms with Crippen LogP contribution in [0.3, 0.4) is 0 Å². The molecule has 0 saturated carbocycles. The van der Waals surface area contributed by atoms with Gasteiger partial charge in [0.25, 0.3) is 0 Å². The Labute approximate surface area is 110 Å². The lowest BCUT2D eigenvalue weighted by Crippen LogP contribution is -2.00. The number of nitrogens with zero attached hydrogens (tertiary/aromatic N) is 2. The molecule has 3 aromatic rings. The largest absolute Gasteiger partial charge is 0.464 e. The van der Waals surface area contributed by atoms with Gasteiger partial charge in [0.05, 0.1) is 11.7 Å². The molecule has 2 heterocycles. The Kier molecular flexibility index (Phi) is 2.80. The number of benzene rings is 1. The lowest BCUT2D eigenvalue weighted by Gasteiger charge is -2.08. The third-order valence-corrected chi connectivity index (χ3v) is 3.19. The zero-order valence-corrected chi connectivity index (χ0v) is 10.8. The third kappa shape index (κ3) is 2.00.